The van der Waals surface area contributed by atoms with Gasteiger partial charge >= 0.3 is 12.0 Å². The van der Waals surface area contributed by atoms with Crippen molar-refractivity contribution in [2.75, 3.05) is 13.1 Å². The van der Waals surface area contributed by atoms with Crippen LogP contribution in [0.1, 0.15) is 51.9 Å². The molecule has 2 aliphatic rings. The maximum absolute atomic E-state index is 12.3. The molecule has 2 amide bonds. The number of aliphatic carboxylic acids is 1. The molecule has 20 heavy (non-hydrogen) atoms. The number of likely N-dealkylation sites (tertiary alicyclic amines) is 1. The number of hydrogen-bond donors (Lipinski definition) is 2. The molecule has 2 fully saturated rings. The molecular formula is C15H26N2O3. The maximum Gasteiger partial charge on any atom is 0.317 e. The lowest BCUT2D eigenvalue weighted by Crippen LogP contribution is -2.51. The average Bonchev–Trinajstić information content (AvgIpc) is 2.47. The molecule has 1 saturated heterocycles. The summed E-state index contributed by atoms with van der Waals surface area (Å²) in [6.07, 6.45) is 6.73. The van der Waals surface area contributed by atoms with Crippen molar-refractivity contribution in [1.29, 1.82) is 0 Å². The predicted octanol–water partition coefficient (Wildman–Crippen LogP) is 2.46. The summed E-state index contributed by atoms with van der Waals surface area (Å²) in [4.78, 5) is 25.3. The fourth-order valence-corrected chi connectivity index (χ4v) is 3.39. The monoisotopic (exact) mass is 282 g/mol. The topological polar surface area (TPSA) is 69.6 Å². The normalized spacial score (nSPS) is 28.1. The summed E-state index contributed by atoms with van der Waals surface area (Å²) >= 11 is 0. The average molecular weight is 282 g/mol. The Labute approximate surface area is 120 Å². The first-order valence-corrected chi connectivity index (χ1v) is 7.90. The third kappa shape index (κ3) is 3.64. The lowest BCUT2D eigenvalue weighted by Gasteiger charge is -2.35. The zero-order valence-corrected chi connectivity index (χ0v) is 12.3. The van der Waals surface area contributed by atoms with Crippen LogP contribution in [-0.4, -0.2) is 41.1 Å². The second-order valence-electron chi connectivity index (χ2n) is 6.12. The SMILES string of the molecule is CCC1CCN(C(=O)NC2CCCCC2C(=O)O)CC1. The molecule has 114 valence electrons. The second-order valence-corrected chi connectivity index (χ2v) is 6.12. The van der Waals surface area contributed by atoms with Crippen molar-refractivity contribution in [3.05, 3.63) is 0 Å². The first kappa shape index (κ1) is 15.1. The molecule has 0 aromatic rings. The molecule has 1 aliphatic carbocycles. The van der Waals surface area contributed by atoms with Crippen LogP contribution in [0.4, 0.5) is 4.79 Å². The van der Waals surface area contributed by atoms with E-state index >= 15 is 0 Å². The largest absolute Gasteiger partial charge is 0.481 e. The van der Waals surface area contributed by atoms with Crippen molar-refractivity contribution in [1.82, 2.24) is 10.2 Å². The van der Waals surface area contributed by atoms with Gasteiger partial charge in [-0.25, -0.2) is 4.79 Å². The highest BCUT2D eigenvalue weighted by molar-refractivity contribution is 5.77. The van der Waals surface area contributed by atoms with Gasteiger partial charge in [0.15, 0.2) is 0 Å². The molecule has 2 unspecified atom stereocenters. The molecule has 0 aromatic carbocycles. The number of carbonyl (C=O) groups excluding carboxylic acids is 1. The first-order chi connectivity index (χ1) is 9.61. The van der Waals surface area contributed by atoms with Crippen LogP contribution in [0.25, 0.3) is 0 Å². The number of urea groups is 1. The first-order valence-electron chi connectivity index (χ1n) is 7.90. The number of carboxylic acid groups (broad SMARTS) is 1. The van der Waals surface area contributed by atoms with Crippen LogP contribution in [0.3, 0.4) is 0 Å². The Morgan fingerprint density at radius 2 is 1.80 bits per heavy atom. The maximum atomic E-state index is 12.3. The number of carbonyl (C=O) groups is 2. The third-order valence-corrected chi connectivity index (χ3v) is 4.87. The summed E-state index contributed by atoms with van der Waals surface area (Å²) in [5, 5.41) is 12.2. The van der Waals surface area contributed by atoms with Gasteiger partial charge in [0, 0.05) is 19.1 Å². The third-order valence-electron chi connectivity index (χ3n) is 4.87. The Morgan fingerprint density at radius 1 is 1.15 bits per heavy atom. The van der Waals surface area contributed by atoms with Crippen LogP contribution in [0.5, 0.6) is 0 Å². The molecule has 1 aliphatic heterocycles. The number of carboxylic acids is 1. The van der Waals surface area contributed by atoms with E-state index in [2.05, 4.69) is 12.2 Å². The van der Waals surface area contributed by atoms with E-state index in [1.165, 1.54) is 6.42 Å². The molecule has 2 rings (SSSR count). The Balaban J connectivity index is 1.85. The number of rotatable bonds is 3. The Bertz CT molecular complexity index is 351. The van der Waals surface area contributed by atoms with E-state index in [9.17, 15) is 14.7 Å². The van der Waals surface area contributed by atoms with E-state index in [-0.39, 0.29) is 12.1 Å². The van der Waals surface area contributed by atoms with Crippen molar-refractivity contribution in [2.45, 2.75) is 57.9 Å². The van der Waals surface area contributed by atoms with E-state index in [1.54, 1.807) is 0 Å². The van der Waals surface area contributed by atoms with Crippen molar-refractivity contribution >= 4 is 12.0 Å². The lowest BCUT2D eigenvalue weighted by molar-refractivity contribution is -0.143. The van der Waals surface area contributed by atoms with Gasteiger partial charge in [0.1, 0.15) is 0 Å². The van der Waals surface area contributed by atoms with Crippen LogP contribution in [0.15, 0.2) is 0 Å². The zero-order valence-electron chi connectivity index (χ0n) is 12.3. The minimum Gasteiger partial charge on any atom is -0.481 e. The fourth-order valence-electron chi connectivity index (χ4n) is 3.39. The number of amides is 2. The molecule has 0 spiro atoms. The van der Waals surface area contributed by atoms with Gasteiger partial charge < -0.3 is 15.3 Å². The van der Waals surface area contributed by atoms with Gasteiger partial charge in [0.05, 0.1) is 5.92 Å². The minimum absolute atomic E-state index is 0.0716. The van der Waals surface area contributed by atoms with Crippen LogP contribution in [0.2, 0.25) is 0 Å². The highest BCUT2D eigenvalue weighted by atomic mass is 16.4. The van der Waals surface area contributed by atoms with E-state index in [0.29, 0.717) is 6.42 Å². The number of hydrogen-bond acceptors (Lipinski definition) is 2. The molecule has 1 saturated carbocycles. The molecule has 0 radical (unpaired) electrons. The van der Waals surface area contributed by atoms with Crippen LogP contribution in [0, 0.1) is 11.8 Å². The standard InChI is InChI=1S/C15H26N2O3/c1-2-11-7-9-17(10-8-11)15(20)16-13-6-4-3-5-12(13)14(18)19/h11-13H,2-10H2,1H3,(H,16,20)(H,18,19). The summed E-state index contributed by atoms with van der Waals surface area (Å²) in [7, 11) is 0. The van der Waals surface area contributed by atoms with Crippen molar-refractivity contribution in [2.24, 2.45) is 11.8 Å². The molecule has 5 heteroatoms. The Kier molecular flexibility index (Phi) is 5.26. The van der Waals surface area contributed by atoms with E-state index in [1.807, 2.05) is 4.90 Å². The molecule has 2 N–H and O–H groups in total. The van der Waals surface area contributed by atoms with Crippen molar-refractivity contribution in [3.8, 4) is 0 Å². The zero-order chi connectivity index (χ0) is 14.5. The summed E-state index contributed by atoms with van der Waals surface area (Å²) in [6, 6.07) is -0.268. The van der Waals surface area contributed by atoms with Gasteiger partial charge in [-0.05, 0) is 31.6 Å². The Morgan fingerprint density at radius 3 is 2.40 bits per heavy atom. The Hall–Kier alpha value is -1.26. The summed E-state index contributed by atoms with van der Waals surface area (Å²) in [5.41, 5.74) is 0. The smallest absolute Gasteiger partial charge is 0.317 e. The lowest BCUT2D eigenvalue weighted by atomic mass is 9.84. The number of nitrogens with one attached hydrogen (secondary N) is 1. The summed E-state index contributed by atoms with van der Waals surface area (Å²) < 4.78 is 0. The van der Waals surface area contributed by atoms with Gasteiger partial charge in [0.25, 0.3) is 0 Å². The highest BCUT2D eigenvalue weighted by Crippen LogP contribution is 2.25. The van der Waals surface area contributed by atoms with Gasteiger partial charge in [-0.3, -0.25) is 4.79 Å². The van der Waals surface area contributed by atoms with Crippen LogP contribution < -0.4 is 5.32 Å². The summed E-state index contributed by atoms with van der Waals surface area (Å²) in [5.74, 6) is -0.457. The molecule has 2 atom stereocenters. The van der Waals surface area contributed by atoms with Crippen molar-refractivity contribution in [3.63, 3.8) is 0 Å². The van der Waals surface area contributed by atoms with Crippen molar-refractivity contribution < 1.29 is 14.7 Å². The fraction of sp³-hybridized carbons (Fsp3) is 0.867. The van der Waals surface area contributed by atoms with Crippen LogP contribution >= 0.6 is 0 Å². The summed E-state index contributed by atoms with van der Waals surface area (Å²) in [6.45, 7) is 3.80. The molecule has 0 aromatic heterocycles. The van der Waals surface area contributed by atoms with Crippen LogP contribution in [-0.2, 0) is 4.79 Å². The van der Waals surface area contributed by atoms with E-state index in [0.717, 1.165) is 51.1 Å². The molecule has 0 bridgehead atoms. The van der Waals surface area contributed by atoms with Gasteiger partial charge in [-0.1, -0.05) is 26.2 Å². The van der Waals surface area contributed by atoms with E-state index in [4.69, 9.17) is 0 Å². The predicted molar refractivity (Wildman–Crippen MR) is 76.5 cm³/mol. The second kappa shape index (κ2) is 6.95. The quantitative estimate of drug-likeness (QED) is 0.835. The van der Waals surface area contributed by atoms with Gasteiger partial charge in [0.2, 0.25) is 0 Å². The van der Waals surface area contributed by atoms with Gasteiger partial charge in [-0.2, -0.15) is 0 Å². The number of nitrogens with zero attached hydrogens (tertiary/aromatic N) is 1. The van der Waals surface area contributed by atoms with E-state index < -0.39 is 11.9 Å². The molecular weight excluding hydrogens is 256 g/mol. The van der Waals surface area contributed by atoms with Gasteiger partial charge in [-0.15, -0.1) is 0 Å². The minimum atomic E-state index is -0.778. The molecule has 5 nitrogen and oxygen atoms in total. The highest BCUT2D eigenvalue weighted by Gasteiger charge is 2.33. The molecule has 1 heterocycles. The number of piperidine rings is 1.